The Balaban J connectivity index is 1.79. The molecule has 0 bridgehead atoms. The Morgan fingerprint density at radius 3 is 2.68 bits per heavy atom. The average molecular weight is 330 g/mol. The normalized spacial score (nSPS) is 24.2. The van der Waals surface area contributed by atoms with Crippen LogP contribution in [0.25, 0.3) is 0 Å². The summed E-state index contributed by atoms with van der Waals surface area (Å²) < 4.78 is 28.8. The molecule has 0 radical (unpaired) electrons. The van der Waals surface area contributed by atoms with Crippen molar-refractivity contribution in [1.82, 2.24) is 4.98 Å². The van der Waals surface area contributed by atoms with E-state index in [1.807, 2.05) is 0 Å². The SMILES string of the molecule is O=C1CCC(c2ccc(OC(F)F)c(Cl)n2)CC12CCCC2. The fraction of sp³-hybridized carbons (Fsp3) is 0.625. The summed E-state index contributed by atoms with van der Waals surface area (Å²) in [6, 6.07) is 3.13. The second kappa shape index (κ2) is 6.11. The summed E-state index contributed by atoms with van der Waals surface area (Å²) in [6.45, 7) is -2.92. The molecule has 1 atom stereocenters. The maximum Gasteiger partial charge on any atom is 0.387 e. The van der Waals surface area contributed by atoms with E-state index in [9.17, 15) is 13.6 Å². The van der Waals surface area contributed by atoms with Gasteiger partial charge in [0.05, 0.1) is 0 Å². The first-order valence-corrected chi connectivity index (χ1v) is 8.02. The van der Waals surface area contributed by atoms with Crippen LogP contribution in [-0.2, 0) is 4.79 Å². The Morgan fingerprint density at radius 1 is 1.32 bits per heavy atom. The van der Waals surface area contributed by atoms with Gasteiger partial charge in [0.25, 0.3) is 0 Å². The topological polar surface area (TPSA) is 39.2 Å². The van der Waals surface area contributed by atoms with Gasteiger partial charge in [-0.1, -0.05) is 24.4 Å². The molecule has 1 heterocycles. The van der Waals surface area contributed by atoms with Crippen LogP contribution in [0.1, 0.15) is 56.6 Å². The monoisotopic (exact) mass is 329 g/mol. The van der Waals surface area contributed by atoms with Crippen molar-refractivity contribution >= 4 is 17.4 Å². The molecule has 1 aromatic rings. The molecule has 0 aliphatic heterocycles. The first-order valence-electron chi connectivity index (χ1n) is 7.65. The minimum absolute atomic E-state index is 0.0461. The van der Waals surface area contributed by atoms with E-state index in [1.165, 1.54) is 6.07 Å². The molecule has 2 saturated carbocycles. The Labute approximate surface area is 133 Å². The lowest BCUT2D eigenvalue weighted by Gasteiger charge is -2.36. The van der Waals surface area contributed by atoms with Crippen molar-refractivity contribution in [2.75, 3.05) is 0 Å². The first kappa shape index (κ1) is 15.7. The number of ether oxygens (including phenoxy) is 1. The third-order valence-electron chi connectivity index (χ3n) is 4.98. The lowest BCUT2D eigenvalue weighted by Crippen LogP contribution is -2.34. The van der Waals surface area contributed by atoms with Crippen LogP contribution < -0.4 is 4.74 Å². The summed E-state index contributed by atoms with van der Waals surface area (Å²) in [6.07, 6.45) is 6.25. The van der Waals surface area contributed by atoms with Gasteiger partial charge in [-0.25, -0.2) is 4.98 Å². The molecule has 6 heteroatoms. The van der Waals surface area contributed by atoms with E-state index >= 15 is 0 Å². The van der Waals surface area contributed by atoms with Crippen molar-refractivity contribution in [2.24, 2.45) is 5.41 Å². The van der Waals surface area contributed by atoms with Gasteiger partial charge in [0.15, 0.2) is 10.9 Å². The van der Waals surface area contributed by atoms with Crippen LogP contribution >= 0.6 is 11.6 Å². The molecule has 1 unspecified atom stereocenters. The van der Waals surface area contributed by atoms with E-state index in [1.54, 1.807) is 6.07 Å². The van der Waals surface area contributed by atoms with E-state index in [4.69, 9.17) is 11.6 Å². The maximum atomic E-state index is 12.3. The highest BCUT2D eigenvalue weighted by molar-refractivity contribution is 6.30. The molecule has 2 aliphatic rings. The predicted molar refractivity (Wildman–Crippen MR) is 78.4 cm³/mol. The van der Waals surface area contributed by atoms with Crippen LogP contribution in [0.3, 0.4) is 0 Å². The zero-order chi connectivity index (χ0) is 15.7. The number of aromatic nitrogens is 1. The Bertz CT molecular complexity index is 573. The second-order valence-corrected chi connectivity index (χ2v) is 6.61. The van der Waals surface area contributed by atoms with E-state index in [0.717, 1.165) is 44.2 Å². The molecule has 1 aromatic heterocycles. The van der Waals surface area contributed by atoms with Gasteiger partial charge in [-0.05, 0) is 37.8 Å². The highest BCUT2D eigenvalue weighted by Gasteiger charge is 2.45. The van der Waals surface area contributed by atoms with Gasteiger partial charge in [-0.2, -0.15) is 8.78 Å². The van der Waals surface area contributed by atoms with E-state index in [2.05, 4.69) is 9.72 Å². The molecule has 2 aliphatic carbocycles. The second-order valence-electron chi connectivity index (χ2n) is 6.25. The molecule has 22 heavy (non-hydrogen) atoms. The number of hydrogen-bond donors (Lipinski definition) is 0. The van der Waals surface area contributed by atoms with Crippen molar-refractivity contribution in [3.63, 3.8) is 0 Å². The molecule has 2 fully saturated rings. The number of rotatable bonds is 3. The van der Waals surface area contributed by atoms with Gasteiger partial charge in [0, 0.05) is 23.4 Å². The van der Waals surface area contributed by atoms with Crippen LogP contribution in [0.5, 0.6) is 5.75 Å². The lowest BCUT2D eigenvalue weighted by atomic mass is 9.67. The van der Waals surface area contributed by atoms with Gasteiger partial charge in [-0.3, -0.25) is 4.79 Å². The molecular formula is C16H18ClF2NO2. The molecule has 0 amide bonds. The molecule has 3 nitrogen and oxygen atoms in total. The van der Waals surface area contributed by atoms with Crippen molar-refractivity contribution in [3.05, 3.63) is 23.0 Å². The summed E-state index contributed by atoms with van der Waals surface area (Å²) in [5, 5.41) is -0.0461. The average Bonchev–Trinajstić information content (AvgIpc) is 2.93. The molecule has 1 spiro atoms. The first-order chi connectivity index (χ1) is 10.5. The Kier molecular flexibility index (Phi) is 4.35. The molecule has 0 saturated heterocycles. The van der Waals surface area contributed by atoms with Crippen molar-refractivity contribution in [1.29, 1.82) is 0 Å². The number of carbonyl (C=O) groups excluding carboxylic acids is 1. The fourth-order valence-electron chi connectivity index (χ4n) is 3.89. The van der Waals surface area contributed by atoms with Crippen LogP contribution in [0.2, 0.25) is 5.15 Å². The van der Waals surface area contributed by atoms with Gasteiger partial charge in [0.1, 0.15) is 5.78 Å². The summed E-state index contributed by atoms with van der Waals surface area (Å²) in [7, 11) is 0. The third kappa shape index (κ3) is 2.96. The van der Waals surface area contributed by atoms with E-state index < -0.39 is 6.61 Å². The maximum absolute atomic E-state index is 12.3. The van der Waals surface area contributed by atoms with Crippen molar-refractivity contribution < 1.29 is 18.3 Å². The van der Waals surface area contributed by atoms with Crippen LogP contribution in [0.4, 0.5) is 8.78 Å². The highest BCUT2D eigenvalue weighted by Crippen LogP contribution is 2.51. The third-order valence-corrected chi connectivity index (χ3v) is 5.25. The predicted octanol–water partition coefficient (Wildman–Crippen LogP) is 4.73. The number of nitrogens with zero attached hydrogens (tertiary/aromatic N) is 1. The lowest BCUT2D eigenvalue weighted by molar-refractivity contribution is -0.131. The van der Waals surface area contributed by atoms with Crippen LogP contribution in [0.15, 0.2) is 12.1 Å². The van der Waals surface area contributed by atoms with Gasteiger partial charge in [-0.15, -0.1) is 0 Å². The van der Waals surface area contributed by atoms with Crippen LogP contribution in [-0.4, -0.2) is 17.4 Å². The number of hydrogen-bond acceptors (Lipinski definition) is 3. The van der Waals surface area contributed by atoms with E-state index in [0.29, 0.717) is 12.2 Å². The standard InChI is InChI=1S/C16H18ClF2NO2/c17-14-12(22-15(18)19)5-4-11(20-14)10-3-6-13(21)16(9-10)7-1-2-8-16/h4-5,10,15H,1-3,6-9H2. The summed E-state index contributed by atoms with van der Waals surface area (Å²) in [5.41, 5.74) is 0.584. The number of halogens is 3. The molecule has 0 aromatic carbocycles. The van der Waals surface area contributed by atoms with Gasteiger partial charge >= 0.3 is 6.61 Å². The molecular weight excluding hydrogens is 312 g/mol. The molecule has 120 valence electrons. The quantitative estimate of drug-likeness (QED) is 0.752. The van der Waals surface area contributed by atoms with Gasteiger partial charge < -0.3 is 4.74 Å². The molecule has 0 N–H and O–H groups in total. The van der Waals surface area contributed by atoms with Gasteiger partial charge in [0.2, 0.25) is 0 Å². The fourth-order valence-corrected chi connectivity index (χ4v) is 4.10. The molecule has 3 rings (SSSR count). The zero-order valence-electron chi connectivity index (χ0n) is 12.2. The minimum atomic E-state index is -2.92. The highest BCUT2D eigenvalue weighted by atomic mass is 35.5. The van der Waals surface area contributed by atoms with Crippen molar-refractivity contribution in [3.8, 4) is 5.75 Å². The number of carbonyl (C=O) groups is 1. The number of pyridine rings is 1. The van der Waals surface area contributed by atoms with Crippen LogP contribution in [0, 0.1) is 5.41 Å². The number of Topliss-reactive ketones (excluding diaryl/α,β-unsaturated/α-hetero) is 1. The smallest absolute Gasteiger partial charge is 0.387 e. The Hall–Kier alpha value is -1.23. The number of ketones is 1. The van der Waals surface area contributed by atoms with E-state index in [-0.39, 0.29) is 22.2 Å². The largest absolute Gasteiger partial charge is 0.432 e. The minimum Gasteiger partial charge on any atom is -0.432 e. The summed E-state index contributed by atoms with van der Waals surface area (Å²) in [5.74, 6) is 0.432. The summed E-state index contributed by atoms with van der Waals surface area (Å²) >= 11 is 5.94. The summed E-state index contributed by atoms with van der Waals surface area (Å²) in [4.78, 5) is 16.5. The van der Waals surface area contributed by atoms with Crippen molar-refractivity contribution in [2.45, 2.75) is 57.5 Å². The zero-order valence-corrected chi connectivity index (χ0v) is 12.9. The Morgan fingerprint density at radius 2 is 2.05 bits per heavy atom. The number of alkyl halides is 2.